The van der Waals surface area contributed by atoms with Gasteiger partial charge in [0.2, 0.25) is 0 Å². The quantitative estimate of drug-likeness (QED) is 0.753. The van der Waals surface area contributed by atoms with E-state index in [1.54, 1.807) is 6.92 Å². The summed E-state index contributed by atoms with van der Waals surface area (Å²) in [7, 11) is 0. The van der Waals surface area contributed by atoms with Crippen LogP contribution in [0.5, 0.6) is 0 Å². The van der Waals surface area contributed by atoms with E-state index in [2.05, 4.69) is 10.6 Å². The van der Waals surface area contributed by atoms with Crippen LogP contribution in [-0.2, 0) is 4.74 Å². The molecule has 3 N–H and O–H groups in total. The van der Waals surface area contributed by atoms with Crippen molar-refractivity contribution < 1.29 is 14.6 Å². The number of ether oxygens (including phenoxy) is 1. The fraction of sp³-hybridized carbons (Fsp3) is 0.611. The lowest BCUT2D eigenvalue weighted by molar-refractivity contribution is 0.0981. The van der Waals surface area contributed by atoms with Gasteiger partial charge in [0, 0.05) is 12.5 Å². The van der Waals surface area contributed by atoms with Crippen LogP contribution < -0.4 is 10.6 Å². The zero-order chi connectivity index (χ0) is 16.2. The third kappa shape index (κ3) is 4.24. The van der Waals surface area contributed by atoms with Gasteiger partial charge < -0.3 is 20.5 Å². The Hall–Kier alpha value is -1.59. The lowest BCUT2D eigenvalue weighted by Gasteiger charge is -2.23. The molecule has 1 aromatic carbocycles. The first-order valence-corrected chi connectivity index (χ1v) is 8.54. The first kappa shape index (κ1) is 16.3. The average molecular weight is 318 g/mol. The number of rotatable bonds is 6. The number of aliphatic hydroxyl groups is 1. The van der Waals surface area contributed by atoms with Crippen LogP contribution in [0.2, 0.25) is 0 Å². The number of fused-ring (bicyclic) bond motifs is 2. The minimum Gasteiger partial charge on any atom is -0.393 e. The summed E-state index contributed by atoms with van der Waals surface area (Å²) in [6, 6.07) is 10.0. The third-order valence-corrected chi connectivity index (χ3v) is 4.83. The van der Waals surface area contributed by atoms with E-state index in [4.69, 9.17) is 4.74 Å². The van der Waals surface area contributed by atoms with E-state index in [-0.39, 0.29) is 24.1 Å². The van der Waals surface area contributed by atoms with Gasteiger partial charge in [0.15, 0.2) is 0 Å². The minimum absolute atomic E-state index is 0.109. The molecule has 23 heavy (non-hydrogen) atoms. The van der Waals surface area contributed by atoms with Crippen molar-refractivity contribution in [3.8, 4) is 0 Å². The predicted molar refractivity (Wildman–Crippen MR) is 88.3 cm³/mol. The molecule has 2 aliphatic rings. The molecule has 2 aliphatic heterocycles. The number of benzene rings is 1. The number of hydrogen-bond donors (Lipinski definition) is 3. The molecule has 5 unspecified atom stereocenters. The van der Waals surface area contributed by atoms with Gasteiger partial charge >= 0.3 is 6.03 Å². The van der Waals surface area contributed by atoms with Crippen LogP contribution in [0.1, 0.15) is 44.1 Å². The molecule has 5 atom stereocenters. The monoisotopic (exact) mass is 318 g/mol. The molecule has 0 aromatic heterocycles. The highest BCUT2D eigenvalue weighted by molar-refractivity contribution is 5.74. The Balaban J connectivity index is 1.50. The Labute approximate surface area is 137 Å². The Kier molecular flexibility index (Phi) is 5.18. The Morgan fingerprint density at radius 1 is 1.35 bits per heavy atom. The number of aliphatic hydroxyl groups excluding tert-OH is 1. The van der Waals surface area contributed by atoms with E-state index in [0.29, 0.717) is 19.1 Å². The van der Waals surface area contributed by atoms with Gasteiger partial charge in [-0.1, -0.05) is 30.3 Å². The third-order valence-electron chi connectivity index (χ3n) is 4.83. The van der Waals surface area contributed by atoms with Crippen molar-refractivity contribution in [3.63, 3.8) is 0 Å². The first-order valence-electron chi connectivity index (χ1n) is 8.54. The second-order valence-electron chi connectivity index (χ2n) is 6.76. The molecular weight excluding hydrogens is 292 g/mol. The SMILES string of the molecule is CC(O)CC(CNC(=O)NC1CC2CCC1O2)c1ccccc1. The molecule has 0 aliphatic carbocycles. The van der Waals surface area contributed by atoms with E-state index in [1.807, 2.05) is 30.3 Å². The first-order chi connectivity index (χ1) is 11.1. The number of hydrogen-bond acceptors (Lipinski definition) is 3. The summed E-state index contributed by atoms with van der Waals surface area (Å²) >= 11 is 0. The molecule has 2 fully saturated rings. The van der Waals surface area contributed by atoms with E-state index < -0.39 is 6.10 Å². The molecular formula is C18H26N2O3. The zero-order valence-electron chi connectivity index (χ0n) is 13.6. The van der Waals surface area contributed by atoms with Crippen molar-refractivity contribution in [1.29, 1.82) is 0 Å². The summed E-state index contributed by atoms with van der Waals surface area (Å²) in [6.07, 6.45) is 3.84. The molecule has 0 saturated carbocycles. The van der Waals surface area contributed by atoms with Crippen molar-refractivity contribution in [2.75, 3.05) is 6.54 Å². The Morgan fingerprint density at radius 3 is 2.74 bits per heavy atom. The number of urea groups is 1. The lowest BCUT2D eigenvalue weighted by Crippen LogP contribution is -2.47. The summed E-state index contributed by atoms with van der Waals surface area (Å²) in [6.45, 7) is 2.30. The zero-order valence-corrected chi connectivity index (χ0v) is 13.6. The molecule has 5 heteroatoms. The van der Waals surface area contributed by atoms with Gasteiger partial charge in [0.25, 0.3) is 0 Å². The largest absolute Gasteiger partial charge is 0.393 e. The standard InChI is InChI=1S/C18H26N2O3/c1-12(21)9-14(13-5-3-2-4-6-13)11-19-18(22)20-16-10-15-7-8-17(16)23-15/h2-6,12,14-17,21H,7-11H2,1H3,(H2,19,20,22). The van der Waals surface area contributed by atoms with Gasteiger partial charge in [-0.3, -0.25) is 0 Å². The van der Waals surface area contributed by atoms with Crippen LogP contribution in [0.3, 0.4) is 0 Å². The molecule has 3 rings (SSSR count). The molecule has 2 bridgehead atoms. The normalized spacial score (nSPS) is 28.3. The van der Waals surface area contributed by atoms with Crippen LogP contribution in [0.25, 0.3) is 0 Å². The van der Waals surface area contributed by atoms with Crippen molar-refractivity contribution in [2.45, 2.75) is 62.9 Å². The van der Waals surface area contributed by atoms with Gasteiger partial charge in [-0.05, 0) is 38.2 Å². The maximum atomic E-state index is 12.2. The van der Waals surface area contributed by atoms with E-state index >= 15 is 0 Å². The lowest BCUT2D eigenvalue weighted by atomic mass is 9.93. The van der Waals surface area contributed by atoms with Crippen molar-refractivity contribution in [3.05, 3.63) is 35.9 Å². The van der Waals surface area contributed by atoms with Crippen LogP contribution in [0.15, 0.2) is 30.3 Å². The summed E-state index contributed by atoms with van der Waals surface area (Å²) < 4.78 is 5.76. The maximum Gasteiger partial charge on any atom is 0.315 e. The average Bonchev–Trinajstić information content (AvgIpc) is 3.14. The van der Waals surface area contributed by atoms with Gasteiger partial charge in [0.1, 0.15) is 0 Å². The number of carbonyl (C=O) groups excluding carboxylic acids is 1. The topological polar surface area (TPSA) is 70.6 Å². The van der Waals surface area contributed by atoms with Crippen molar-refractivity contribution in [1.82, 2.24) is 10.6 Å². The second kappa shape index (κ2) is 7.32. The van der Waals surface area contributed by atoms with Crippen molar-refractivity contribution in [2.24, 2.45) is 0 Å². The highest BCUT2D eigenvalue weighted by Crippen LogP contribution is 2.34. The smallest absolute Gasteiger partial charge is 0.315 e. The summed E-state index contributed by atoms with van der Waals surface area (Å²) in [5.74, 6) is 0.109. The van der Waals surface area contributed by atoms with Crippen LogP contribution in [-0.4, -0.2) is 42.0 Å². The summed E-state index contributed by atoms with van der Waals surface area (Å²) in [5.41, 5.74) is 1.14. The minimum atomic E-state index is -0.399. The number of amides is 2. The molecule has 0 radical (unpaired) electrons. The predicted octanol–water partition coefficient (Wildman–Crippen LogP) is 2.16. The fourth-order valence-electron chi connectivity index (χ4n) is 3.70. The van der Waals surface area contributed by atoms with Crippen molar-refractivity contribution >= 4 is 6.03 Å². The van der Waals surface area contributed by atoms with Gasteiger partial charge in [-0.2, -0.15) is 0 Å². The van der Waals surface area contributed by atoms with Crippen LogP contribution in [0.4, 0.5) is 4.79 Å². The molecule has 126 valence electrons. The Morgan fingerprint density at radius 2 is 2.13 bits per heavy atom. The molecule has 0 spiro atoms. The highest BCUT2D eigenvalue weighted by Gasteiger charge is 2.41. The van der Waals surface area contributed by atoms with Gasteiger partial charge in [-0.15, -0.1) is 0 Å². The molecule has 2 saturated heterocycles. The van der Waals surface area contributed by atoms with E-state index in [1.165, 1.54) is 0 Å². The summed E-state index contributed by atoms with van der Waals surface area (Å²) in [4.78, 5) is 12.2. The molecule has 1 aromatic rings. The molecule has 2 heterocycles. The van der Waals surface area contributed by atoms with Crippen LogP contribution in [0, 0.1) is 0 Å². The molecule has 5 nitrogen and oxygen atoms in total. The fourth-order valence-corrected chi connectivity index (χ4v) is 3.70. The summed E-state index contributed by atoms with van der Waals surface area (Å²) in [5, 5.41) is 15.7. The highest BCUT2D eigenvalue weighted by atomic mass is 16.5. The van der Waals surface area contributed by atoms with Gasteiger partial charge in [-0.25, -0.2) is 4.79 Å². The molecule has 2 amide bonds. The second-order valence-corrected chi connectivity index (χ2v) is 6.76. The maximum absolute atomic E-state index is 12.2. The van der Waals surface area contributed by atoms with E-state index in [0.717, 1.165) is 24.8 Å². The number of nitrogens with one attached hydrogen (secondary N) is 2. The Bertz CT molecular complexity index is 520. The van der Waals surface area contributed by atoms with E-state index in [9.17, 15) is 9.90 Å². The van der Waals surface area contributed by atoms with Gasteiger partial charge in [0.05, 0.1) is 24.4 Å². The van der Waals surface area contributed by atoms with Crippen LogP contribution >= 0.6 is 0 Å². The number of carbonyl (C=O) groups is 1.